The molecular formula is C18H22FN3O2. The van der Waals surface area contributed by atoms with Crippen LogP contribution in [0.4, 0.5) is 4.39 Å². The predicted molar refractivity (Wildman–Crippen MR) is 88.7 cm³/mol. The molecule has 1 amide bonds. The summed E-state index contributed by atoms with van der Waals surface area (Å²) in [5, 5.41) is 6.69. The standard InChI is InChI=1S/C18H22FN3O2/c19-16-7-3-2-6-15(16)17-12-14(24-21-17)13-20-18(23)8-11-22-9-4-1-5-10-22/h2-3,6-7,12H,1,4-5,8-11,13H2,(H,20,23). The van der Waals surface area contributed by atoms with Crippen molar-refractivity contribution in [2.45, 2.75) is 32.2 Å². The average molecular weight is 331 g/mol. The van der Waals surface area contributed by atoms with Crippen LogP contribution in [-0.4, -0.2) is 35.6 Å². The topological polar surface area (TPSA) is 58.4 Å². The Morgan fingerprint density at radius 1 is 1.25 bits per heavy atom. The normalized spacial score (nSPS) is 15.4. The third kappa shape index (κ3) is 4.41. The second-order valence-corrected chi connectivity index (χ2v) is 6.09. The highest BCUT2D eigenvalue weighted by Crippen LogP contribution is 2.22. The van der Waals surface area contributed by atoms with Crippen molar-refractivity contribution in [2.75, 3.05) is 19.6 Å². The maximum atomic E-state index is 13.7. The Labute approximate surface area is 140 Å². The van der Waals surface area contributed by atoms with Crippen molar-refractivity contribution in [1.82, 2.24) is 15.4 Å². The third-order valence-corrected chi connectivity index (χ3v) is 4.27. The summed E-state index contributed by atoms with van der Waals surface area (Å²) in [6.07, 6.45) is 4.21. The molecule has 0 atom stereocenters. The zero-order chi connectivity index (χ0) is 16.8. The van der Waals surface area contributed by atoms with E-state index in [1.54, 1.807) is 24.3 Å². The Morgan fingerprint density at radius 3 is 2.83 bits per heavy atom. The lowest BCUT2D eigenvalue weighted by molar-refractivity contribution is -0.121. The van der Waals surface area contributed by atoms with Gasteiger partial charge >= 0.3 is 0 Å². The maximum Gasteiger partial charge on any atom is 0.221 e. The highest BCUT2D eigenvalue weighted by molar-refractivity contribution is 5.76. The van der Waals surface area contributed by atoms with Crippen LogP contribution in [0.15, 0.2) is 34.9 Å². The minimum Gasteiger partial charge on any atom is -0.359 e. The van der Waals surface area contributed by atoms with Crippen LogP contribution in [0.5, 0.6) is 0 Å². The van der Waals surface area contributed by atoms with Crippen LogP contribution in [0.1, 0.15) is 31.4 Å². The van der Waals surface area contributed by atoms with Gasteiger partial charge in [-0.1, -0.05) is 23.7 Å². The summed E-state index contributed by atoms with van der Waals surface area (Å²) in [5.41, 5.74) is 0.828. The largest absolute Gasteiger partial charge is 0.359 e. The quantitative estimate of drug-likeness (QED) is 0.884. The van der Waals surface area contributed by atoms with E-state index in [0.29, 0.717) is 23.4 Å². The average Bonchev–Trinajstić information content (AvgIpc) is 3.08. The van der Waals surface area contributed by atoms with Crippen molar-refractivity contribution in [3.05, 3.63) is 41.9 Å². The molecule has 0 unspecified atom stereocenters. The number of nitrogens with one attached hydrogen (secondary N) is 1. The molecule has 0 spiro atoms. The van der Waals surface area contributed by atoms with Crippen molar-refractivity contribution in [3.8, 4) is 11.3 Å². The second kappa shape index (κ2) is 8.06. The zero-order valence-electron chi connectivity index (χ0n) is 13.6. The second-order valence-electron chi connectivity index (χ2n) is 6.09. The van der Waals surface area contributed by atoms with Crippen molar-refractivity contribution in [1.29, 1.82) is 0 Å². The molecule has 1 saturated heterocycles. The lowest BCUT2D eigenvalue weighted by Crippen LogP contribution is -2.34. The molecule has 128 valence electrons. The number of nitrogens with zero attached hydrogens (tertiary/aromatic N) is 2. The van der Waals surface area contributed by atoms with E-state index >= 15 is 0 Å². The summed E-state index contributed by atoms with van der Waals surface area (Å²) in [6.45, 7) is 3.23. The van der Waals surface area contributed by atoms with Gasteiger partial charge in [-0.15, -0.1) is 0 Å². The monoisotopic (exact) mass is 331 g/mol. The van der Waals surface area contributed by atoms with Gasteiger partial charge in [0, 0.05) is 24.6 Å². The van der Waals surface area contributed by atoms with Gasteiger partial charge in [0.15, 0.2) is 5.76 Å². The van der Waals surface area contributed by atoms with Crippen LogP contribution in [0, 0.1) is 5.82 Å². The maximum absolute atomic E-state index is 13.7. The molecular weight excluding hydrogens is 309 g/mol. The number of rotatable bonds is 6. The Morgan fingerprint density at radius 2 is 2.04 bits per heavy atom. The predicted octanol–water partition coefficient (Wildman–Crippen LogP) is 2.97. The van der Waals surface area contributed by atoms with Crippen LogP contribution in [0.25, 0.3) is 11.3 Å². The minimum absolute atomic E-state index is 0.00980. The van der Waals surface area contributed by atoms with Gasteiger partial charge in [-0.05, 0) is 38.1 Å². The van der Waals surface area contributed by atoms with E-state index in [1.807, 2.05) is 0 Å². The van der Waals surface area contributed by atoms with E-state index in [0.717, 1.165) is 19.6 Å². The van der Waals surface area contributed by atoms with Gasteiger partial charge in [-0.25, -0.2) is 4.39 Å². The van der Waals surface area contributed by atoms with Crippen LogP contribution >= 0.6 is 0 Å². The van der Waals surface area contributed by atoms with Gasteiger partial charge in [0.25, 0.3) is 0 Å². The molecule has 0 saturated carbocycles. The molecule has 6 heteroatoms. The van der Waals surface area contributed by atoms with Gasteiger partial charge in [-0.2, -0.15) is 0 Å². The number of amides is 1. The number of carbonyl (C=O) groups is 1. The van der Waals surface area contributed by atoms with E-state index in [2.05, 4.69) is 15.4 Å². The van der Waals surface area contributed by atoms with Crippen LogP contribution in [0.2, 0.25) is 0 Å². The lowest BCUT2D eigenvalue weighted by Gasteiger charge is -2.25. The van der Waals surface area contributed by atoms with Crippen molar-refractivity contribution in [2.24, 2.45) is 0 Å². The zero-order valence-corrected chi connectivity index (χ0v) is 13.6. The highest BCUT2D eigenvalue weighted by atomic mass is 19.1. The van der Waals surface area contributed by atoms with E-state index in [1.165, 1.54) is 25.3 Å². The molecule has 1 aromatic heterocycles. The Bertz CT molecular complexity index is 680. The van der Waals surface area contributed by atoms with Gasteiger partial charge in [0.2, 0.25) is 5.91 Å². The summed E-state index contributed by atoms with van der Waals surface area (Å²) < 4.78 is 18.9. The number of hydrogen-bond acceptors (Lipinski definition) is 4. The van der Waals surface area contributed by atoms with Crippen molar-refractivity contribution in [3.63, 3.8) is 0 Å². The molecule has 1 aromatic carbocycles. The van der Waals surface area contributed by atoms with Gasteiger partial charge in [0.05, 0.1) is 6.54 Å². The third-order valence-electron chi connectivity index (χ3n) is 4.27. The number of likely N-dealkylation sites (tertiary alicyclic amines) is 1. The highest BCUT2D eigenvalue weighted by Gasteiger charge is 2.13. The molecule has 0 bridgehead atoms. The first kappa shape index (κ1) is 16.6. The SMILES string of the molecule is O=C(CCN1CCCCC1)NCc1cc(-c2ccccc2F)no1. The van der Waals surface area contributed by atoms with Crippen molar-refractivity contribution < 1.29 is 13.7 Å². The summed E-state index contributed by atoms with van der Waals surface area (Å²) in [4.78, 5) is 14.3. The van der Waals surface area contributed by atoms with Gasteiger partial charge < -0.3 is 14.7 Å². The fourth-order valence-corrected chi connectivity index (χ4v) is 2.91. The van der Waals surface area contributed by atoms with Crippen LogP contribution < -0.4 is 5.32 Å². The summed E-state index contributed by atoms with van der Waals surface area (Å²) in [6, 6.07) is 8.06. The fourth-order valence-electron chi connectivity index (χ4n) is 2.91. The number of benzene rings is 1. The van der Waals surface area contributed by atoms with E-state index in [9.17, 15) is 9.18 Å². The summed E-state index contributed by atoms with van der Waals surface area (Å²) in [5.74, 6) is 0.159. The molecule has 0 aliphatic carbocycles. The molecule has 5 nitrogen and oxygen atoms in total. The molecule has 1 aliphatic rings. The first-order valence-electron chi connectivity index (χ1n) is 8.42. The van der Waals surface area contributed by atoms with Gasteiger partial charge in [-0.3, -0.25) is 4.79 Å². The molecule has 1 N–H and O–H groups in total. The Hall–Kier alpha value is -2.21. The number of piperidine rings is 1. The first-order chi connectivity index (χ1) is 11.7. The number of aromatic nitrogens is 1. The Kier molecular flexibility index (Phi) is 5.59. The first-order valence-corrected chi connectivity index (χ1v) is 8.42. The molecule has 1 fully saturated rings. The molecule has 24 heavy (non-hydrogen) atoms. The fraction of sp³-hybridized carbons (Fsp3) is 0.444. The number of halogens is 1. The Balaban J connectivity index is 1.46. The van der Waals surface area contributed by atoms with Crippen LogP contribution in [-0.2, 0) is 11.3 Å². The van der Waals surface area contributed by atoms with E-state index < -0.39 is 0 Å². The summed E-state index contributed by atoms with van der Waals surface area (Å²) >= 11 is 0. The molecule has 3 rings (SSSR count). The van der Waals surface area contributed by atoms with Crippen LogP contribution in [0.3, 0.4) is 0 Å². The van der Waals surface area contributed by atoms with Gasteiger partial charge in [0.1, 0.15) is 11.5 Å². The van der Waals surface area contributed by atoms with Crippen molar-refractivity contribution >= 4 is 5.91 Å². The molecule has 2 heterocycles. The van der Waals surface area contributed by atoms with E-state index in [-0.39, 0.29) is 18.3 Å². The molecule has 0 radical (unpaired) electrons. The number of hydrogen-bond donors (Lipinski definition) is 1. The molecule has 2 aromatic rings. The smallest absolute Gasteiger partial charge is 0.221 e. The molecule has 1 aliphatic heterocycles. The minimum atomic E-state index is -0.345. The lowest BCUT2D eigenvalue weighted by atomic mass is 10.1. The van der Waals surface area contributed by atoms with E-state index in [4.69, 9.17) is 4.52 Å². The number of carbonyl (C=O) groups excluding carboxylic acids is 1. The summed E-state index contributed by atoms with van der Waals surface area (Å²) in [7, 11) is 0.